The van der Waals surface area contributed by atoms with Crippen LogP contribution in [-0.4, -0.2) is 22.4 Å². The number of halogens is 3. The summed E-state index contributed by atoms with van der Waals surface area (Å²) < 4.78 is 38.0. The highest BCUT2D eigenvalue weighted by Gasteiger charge is 2.59. The zero-order valence-corrected chi connectivity index (χ0v) is 25.0. The molecule has 0 spiro atoms. The summed E-state index contributed by atoms with van der Waals surface area (Å²) >= 11 is 0. The predicted molar refractivity (Wildman–Crippen MR) is 152 cm³/mol. The van der Waals surface area contributed by atoms with Crippen molar-refractivity contribution in [1.82, 2.24) is 0 Å². The molecule has 3 fully saturated rings. The van der Waals surface area contributed by atoms with Gasteiger partial charge in [-0.1, -0.05) is 33.3 Å². The van der Waals surface area contributed by atoms with Gasteiger partial charge in [0.15, 0.2) is 5.78 Å². The molecule has 0 aromatic heterocycles. The standard InChI is InChI=1S/C21H30O2.C11H11F3N2O3/c1-13(22)17-6-7-18-16-5-4-14-12-15(23)8-10-20(14,2)19(16)9-11-21(17,18)3;1-6(2)10(17)15-7-3-4-9(16(18)19)8(5-7)11(12,13)14/h12,16-19H,4-11H2,1-3H3;3-6H,1-2H3,(H,15,17)/t16-,17+,18-,19-,20-,21+;/m0./s1. The van der Waals surface area contributed by atoms with Gasteiger partial charge in [-0.15, -0.1) is 0 Å². The number of nitro groups is 1. The molecule has 0 bridgehead atoms. The van der Waals surface area contributed by atoms with Crippen molar-refractivity contribution in [1.29, 1.82) is 0 Å². The molecule has 4 aliphatic rings. The molecule has 1 amide bonds. The Morgan fingerprint density at radius 3 is 2.33 bits per heavy atom. The molecular formula is C32H41F3N2O5. The van der Waals surface area contributed by atoms with Crippen LogP contribution in [0.3, 0.4) is 0 Å². The largest absolute Gasteiger partial charge is 0.423 e. The van der Waals surface area contributed by atoms with Crippen molar-refractivity contribution >= 4 is 28.8 Å². The van der Waals surface area contributed by atoms with Crippen LogP contribution in [-0.2, 0) is 20.6 Å². The summed E-state index contributed by atoms with van der Waals surface area (Å²) in [6.07, 6.45) is 6.09. The number of nitro benzene ring substituents is 1. The van der Waals surface area contributed by atoms with Gasteiger partial charge in [-0.25, -0.2) is 0 Å². The first-order valence-corrected chi connectivity index (χ1v) is 14.9. The van der Waals surface area contributed by atoms with E-state index < -0.39 is 34.2 Å². The number of ketones is 2. The summed E-state index contributed by atoms with van der Waals surface area (Å²) in [5.41, 5.74) is -0.618. The Hall–Kier alpha value is -3.04. The fourth-order valence-electron chi connectivity index (χ4n) is 8.51. The smallest absolute Gasteiger partial charge is 0.326 e. The molecule has 230 valence electrons. The van der Waals surface area contributed by atoms with Crippen LogP contribution in [0.15, 0.2) is 29.8 Å². The first-order chi connectivity index (χ1) is 19.5. The van der Waals surface area contributed by atoms with E-state index in [9.17, 15) is 37.7 Å². The van der Waals surface area contributed by atoms with Crippen LogP contribution < -0.4 is 5.32 Å². The van der Waals surface area contributed by atoms with E-state index in [0.29, 0.717) is 23.6 Å². The summed E-state index contributed by atoms with van der Waals surface area (Å²) in [6, 6.07) is 2.34. The number of hydrogen-bond acceptors (Lipinski definition) is 5. The van der Waals surface area contributed by atoms with Crippen LogP contribution >= 0.6 is 0 Å². The normalized spacial score (nSPS) is 32.0. The SMILES string of the molecule is CC(=O)[C@H]1CC[C@H]2[C@@H]3CCC4=CC(=O)CC[C@]4(C)[C@H]3CC[C@]12C.CC(C)C(=O)Nc1ccc([N+](=O)[O-])c(C(F)(F)F)c1. The van der Waals surface area contributed by atoms with Gasteiger partial charge in [-0.3, -0.25) is 24.5 Å². The van der Waals surface area contributed by atoms with Gasteiger partial charge < -0.3 is 5.32 Å². The minimum Gasteiger partial charge on any atom is -0.326 e. The lowest BCUT2D eigenvalue weighted by atomic mass is 9.47. The van der Waals surface area contributed by atoms with Crippen LogP contribution in [0, 0.1) is 50.5 Å². The van der Waals surface area contributed by atoms with Gasteiger partial charge >= 0.3 is 6.18 Å². The topological polar surface area (TPSA) is 106 Å². The number of nitrogens with one attached hydrogen (secondary N) is 1. The van der Waals surface area contributed by atoms with Crippen LogP contribution in [0.1, 0.15) is 91.5 Å². The number of carbonyl (C=O) groups excluding carboxylic acids is 3. The third-order valence-corrected chi connectivity index (χ3v) is 10.7. The van der Waals surface area contributed by atoms with Crippen LogP contribution in [0.2, 0.25) is 0 Å². The maximum Gasteiger partial charge on any atom is 0.423 e. The quantitative estimate of drug-likeness (QED) is 0.283. The summed E-state index contributed by atoms with van der Waals surface area (Å²) in [7, 11) is 0. The first kappa shape index (κ1) is 31.9. The highest BCUT2D eigenvalue weighted by molar-refractivity contribution is 5.92. The van der Waals surface area contributed by atoms with Gasteiger partial charge in [0, 0.05) is 30.0 Å². The molecule has 42 heavy (non-hydrogen) atoms. The summed E-state index contributed by atoms with van der Waals surface area (Å²) in [6.45, 7) is 9.80. The Kier molecular flexibility index (Phi) is 8.78. The second kappa shape index (κ2) is 11.6. The van der Waals surface area contributed by atoms with Crippen molar-refractivity contribution in [3.8, 4) is 0 Å². The van der Waals surface area contributed by atoms with Crippen LogP contribution in [0.4, 0.5) is 24.5 Å². The van der Waals surface area contributed by atoms with Crippen LogP contribution in [0.25, 0.3) is 0 Å². The monoisotopic (exact) mass is 590 g/mol. The second-order valence-corrected chi connectivity index (χ2v) is 13.4. The predicted octanol–water partition coefficient (Wildman–Crippen LogP) is 7.93. The Morgan fingerprint density at radius 1 is 1.05 bits per heavy atom. The molecular weight excluding hydrogens is 549 g/mol. The number of benzene rings is 1. The third-order valence-electron chi connectivity index (χ3n) is 10.7. The maximum absolute atomic E-state index is 12.7. The van der Waals surface area contributed by atoms with Gasteiger partial charge in [0.1, 0.15) is 11.3 Å². The Morgan fingerprint density at radius 2 is 1.74 bits per heavy atom. The van der Waals surface area contributed by atoms with E-state index in [4.69, 9.17) is 0 Å². The average Bonchev–Trinajstić information content (AvgIpc) is 3.26. The number of nitrogens with zero attached hydrogens (tertiary/aromatic N) is 1. The second-order valence-electron chi connectivity index (χ2n) is 13.4. The highest BCUT2D eigenvalue weighted by atomic mass is 19.4. The summed E-state index contributed by atoms with van der Waals surface area (Å²) in [5, 5.41) is 12.8. The van der Waals surface area contributed by atoms with Gasteiger partial charge in [0.2, 0.25) is 5.91 Å². The molecule has 10 heteroatoms. The molecule has 3 saturated carbocycles. The molecule has 4 aliphatic carbocycles. The number of rotatable bonds is 4. The van der Waals surface area contributed by atoms with Gasteiger partial charge in [0.05, 0.1) is 4.92 Å². The molecule has 0 radical (unpaired) electrons. The van der Waals surface area contributed by atoms with E-state index >= 15 is 0 Å². The molecule has 0 saturated heterocycles. The zero-order valence-electron chi connectivity index (χ0n) is 25.0. The Balaban J connectivity index is 0.000000198. The van der Waals surface area contributed by atoms with Crippen molar-refractivity contribution in [3.63, 3.8) is 0 Å². The third kappa shape index (κ3) is 5.91. The molecule has 0 aliphatic heterocycles. The molecule has 1 aromatic carbocycles. The first-order valence-electron chi connectivity index (χ1n) is 14.9. The average molecular weight is 591 g/mol. The molecule has 0 unspecified atom stereocenters. The van der Waals surface area contributed by atoms with E-state index in [0.717, 1.165) is 55.6 Å². The number of Topliss-reactive ketones (excluding diaryl/α,β-unsaturated/α-hetero) is 1. The van der Waals surface area contributed by atoms with E-state index in [1.54, 1.807) is 20.8 Å². The summed E-state index contributed by atoms with van der Waals surface area (Å²) in [4.78, 5) is 44.8. The number of hydrogen-bond donors (Lipinski definition) is 1. The minimum absolute atomic E-state index is 0.128. The van der Waals surface area contributed by atoms with E-state index in [-0.39, 0.29) is 16.5 Å². The zero-order chi connectivity index (χ0) is 31.2. The molecule has 6 atom stereocenters. The molecule has 0 heterocycles. The molecule has 7 nitrogen and oxygen atoms in total. The van der Waals surface area contributed by atoms with Crippen molar-refractivity contribution in [2.45, 2.75) is 92.2 Å². The van der Waals surface area contributed by atoms with Crippen molar-refractivity contribution in [3.05, 3.63) is 45.5 Å². The van der Waals surface area contributed by atoms with Crippen molar-refractivity contribution in [2.75, 3.05) is 5.32 Å². The van der Waals surface area contributed by atoms with Gasteiger partial charge in [0.25, 0.3) is 5.69 Å². The lowest BCUT2D eigenvalue weighted by Crippen LogP contribution is -2.51. The minimum atomic E-state index is -4.86. The van der Waals surface area contributed by atoms with Gasteiger partial charge in [-0.05, 0) is 98.7 Å². The van der Waals surface area contributed by atoms with E-state index in [1.165, 1.54) is 31.3 Å². The fraction of sp³-hybridized carbons (Fsp3) is 0.656. The number of anilines is 1. The van der Waals surface area contributed by atoms with E-state index in [1.807, 2.05) is 6.08 Å². The maximum atomic E-state index is 12.7. The van der Waals surface area contributed by atoms with Crippen molar-refractivity contribution in [2.24, 2.45) is 40.4 Å². The number of fused-ring (bicyclic) bond motifs is 5. The summed E-state index contributed by atoms with van der Waals surface area (Å²) in [5.74, 6) is 2.41. The lowest BCUT2D eigenvalue weighted by molar-refractivity contribution is -0.388. The molecule has 1 N–H and O–H groups in total. The number of alkyl halides is 3. The number of allylic oxidation sites excluding steroid dienone is 1. The molecule has 1 aromatic rings. The highest BCUT2D eigenvalue weighted by Crippen LogP contribution is 2.66. The Bertz CT molecular complexity index is 1310. The molecule has 5 rings (SSSR count). The number of amides is 1. The lowest BCUT2D eigenvalue weighted by Gasteiger charge is -2.58. The Labute approximate surface area is 244 Å². The van der Waals surface area contributed by atoms with Crippen molar-refractivity contribution < 1.29 is 32.5 Å². The van der Waals surface area contributed by atoms with Gasteiger partial charge in [-0.2, -0.15) is 13.2 Å². The van der Waals surface area contributed by atoms with Crippen LogP contribution in [0.5, 0.6) is 0 Å². The number of carbonyl (C=O) groups is 3. The fourth-order valence-corrected chi connectivity index (χ4v) is 8.51. The van der Waals surface area contributed by atoms with E-state index in [2.05, 4.69) is 19.2 Å².